The number of esters is 1. The second-order valence-electron chi connectivity index (χ2n) is 6.90. The second-order valence-corrected chi connectivity index (χ2v) is 7.30. The molecular formula is C23H19ClFNO3. The molecule has 1 atom stereocenters. The fourth-order valence-corrected chi connectivity index (χ4v) is 4.30. The van der Waals surface area contributed by atoms with Crippen LogP contribution in [0.4, 0.5) is 10.1 Å². The molecule has 0 fully saturated rings. The molecule has 0 spiro atoms. The van der Waals surface area contributed by atoms with Gasteiger partial charge in [-0.15, -0.1) is 0 Å². The molecule has 1 unspecified atom stereocenters. The molecule has 3 aromatic carbocycles. The van der Waals surface area contributed by atoms with Gasteiger partial charge in [-0.1, -0.05) is 48.0 Å². The highest BCUT2D eigenvalue weighted by atomic mass is 35.5. The van der Waals surface area contributed by atoms with Gasteiger partial charge in [-0.05, 0) is 41.5 Å². The van der Waals surface area contributed by atoms with Gasteiger partial charge in [0.05, 0.1) is 6.61 Å². The molecule has 148 valence electrons. The van der Waals surface area contributed by atoms with E-state index in [1.807, 2.05) is 30.3 Å². The Kier molecular flexibility index (Phi) is 5.24. The lowest BCUT2D eigenvalue weighted by Gasteiger charge is -2.35. The normalized spacial score (nSPS) is 16.0. The zero-order valence-corrected chi connectivity index (χ0v) is 16.6. The SMILES string of the molecule is CCOC(=O)CN1C(=O)CC(c2c(F)cccc2Cl)c2c1ccc1ccccc21. The van der Waals surface area contributed by atoms with E-state index in [0.717, 1.165) is 16.3 Å². The van der Waals surface area contributed by atoms with Crippen molar-refractivity contribution in [3.05, 3.63) is 76.6 Å². The van der Waals surface area contributed by atoms with E-state index in [-0.39, 0.29) is 30.5 Å². The van der Waals surface area contributed by atoms with E-state index in [1.54, 1.807) is 25.1 Å². The minimum Gasteiger partial charge on any atom is -0.465 e. The summed E-state index contributed by atoms with van der Waals surface area (Å²) in [5.74, 6) is -1.75. The monoisotopic (exact) mass is 411 g/mol. The molecule has 0 N–H and O–H groups in total. The zero-order valence-electron chi connectivity index (χ0n) is 15.8. The predicted molar refractivity (Wildman–Crippen MR) is 111 cm³/mol. The number of ether oxygens (including phenoxy) is 1. The minimum absolute atomic E-state index is 0.0149. The summed E-state index contributed by atoms with van der Waals surface area (Å²) in [6.07, 6.45) is 0.0149. The molecule has 1 amide bonds. The molecule has 0 bridgehead atoms. The van der Waals surface area contributed by atoms with Crippen LogP contribution in [0.25, 0.3) is 10.8 Å². The predicted octanol–water partition coefficient (Wildman–Crippen LogP) is 5.06. The van der Waals surface area contributed by atoms with E-state index in [2.05, 4.69) is 0 Å². The topological polar surface area (TPSA) is 46.6 Å². The summed E-state index contributed by atoms with van der Waals surface area (Å²) in [5.41, 5.74) is 1.67. The summed E-state index contributed by atoms with van der Waals surface area (Å²) in [6.45, 7) is 1.77. The number of rotatable bonds is 4. The molecular weight excluding hydrogens is 393 g/mol. The van der Waals surface area contributed by atoms with Crippen LogP contribution in [0.3, 0.4) is 0 Å². The Hall–Kier alpha value is -2.92. The highest BCUT2D eigenvalue weighted by molar-refractivity contribution is 6.31. The van der Waals surface area contributed by atoms with Crippen LogP contribution in [-0.4, -0.2) is 25.0 Å². The van der Waals surface area contributed by atoms with Crippen molar-refractivity contribution in [1.82, 2.24) is 0 Å². The standard InChI is InChI=1S/C23H19ClFNO3/c1-2-29-21(28)13-26-19-11-10-14-6-3-4-7-15(14)22(19)16(12-20(26)27)23-17(24)8-5-9-18(23)25/h3-11,16H,2,12-13H2,1H3. The summed E-state index contributed by atoms with van der Waals surface area (Å²) in [4.78, 5) is 26.5. The van der Waals surface area contributed by atoms with E-state index in [4.69, 9.17) is 16.3 Å². The number of hydrogen-bond acceptors (Lipinski definition) is 3. The van der Waals surface area contributed by atoms with E-state index >= 15 is 0 Å². The molecule has 1 aliphatic heterocycles. The number of hydrogen-bond donors (Lipinski definition) is 0. The number of halogens is 2. The van der Waals surface area contributed by atoms with Gasteiger partial charge < -0.3 is 9.64 Å². The second kappa shape index (κ2) is 7.84. The Morgan fingerprint density at radius 1 is 1.14 bits per heavy atom. The Bertz CT molecular complexity index is 1090. The third-order valence-corrected chi connectivity index (χ3v) is 5.54. The van der Waals surface area contributed by atoms with Crippen LogP contribution in [0.5, 0.6) is 0 Å². The first-order valence-electron chi connectivity index (χ1n) is 9.42. The quantitative estimate of drug-likeness (QED) is 0.563. The van der Waals surface area contributed by atoms with Gasteiger partial charge in [0.1, 0.15) is 12.4 Å². The van der Waals surface area contributed by atoms with Gasteiger partial charge in [0.2, 0.25) is 5.91 Å². The molecule has 1 heterocycles. The molecule has 0 saturated heterocycles. The third kappa shape index (κ3) is 3.47. The third-order valence-electron chi connectivity index (χ3n) is 5.21. The molecule has 3 aromatic rings. The first-order valence-corrected chi connectivity index (χ1v) is 9.80. The maximum atomic E-state index is 14.8. The number of amides is 1. The van der Waals surface area contributed by atoms with Crippen molar-refractivity contribution in [2.45, 2.75) is 19.3 Å². The average molecular weight is 412 g/mol. The van der Waals surface area contributed by atoms with Crippen LogP contribution >= 0.6 is 11.6 Å². The molecule has 29 heavy (non-hydrogen) atoms. The first kappa shape index (κ1) is 19.4. The zero-order chi connectivity index (χ0) is 20.5. The van der Waals surface area contributed by atoms with Gasteiger partial charge in [0, 0.05) is 28.6 Å². The number of carbonyl (C=O) groups excluding carboxylic acids is 2. The lowest BCUT2D eigenvalue weighted by Crippen LogP contribution is -2.41. The number of carbonyl (C=O) groups is 2. The number of benzene rings is 3. The van der Waals surface area contributed by atoms with Gasteiger partial charge >= 0.3 is 5.97 Å². The van der Waals surface area contributed by atoms with Crippen molar-refractivity contribution in [3.8, 4) is 0 Å². The van der Waals surface area contributed by atoms with Crippen LogP contribution in [0.1, 0.15) is 30.4 Å². The van der Waals surface area contributed by atoms with Crippen molar-refractivity contribution in [1.29, 1.82) is 0 Å². The summed E-state index contributed by atoms with van der Waals surface area (Å²) < 4.78 is 19.8. The summed E-state index contributed by atoms with van der Waals surface area (Å²) in [5, 5.41) is 2.14. The first-order chi connectivity index (χ1) is 14.0. The largest absolute Gasteiger partial charge is 0.465 e. The van der Waals surface area contributed by atoms with Gasteiger partial charge in [0.25, 0.3) is 0 Å². The Labute approximate surface area is 172 Å². The molecule has 0 radical (unpaired) electrons. The van der Waals surface area contributed by atoms with Gasteiger partial charge in [-0.2, -0.15) is 0 Å². The molecule has 1 aliphatic rings. The van der Waals surface area contributed by atoms with Crippen LogP contribution in [-0.2, 0) is 14.3 Å². The number of anilines is 1. The highest BCUT2D eigenvalue weighted by Gasteiger charge is 2.36. The Morgan fingerprint density at radius 3 is 2.69 bits per heavy atom. The number of fused-ring (bicyclic) bond motifs is 3. The Morgan fingerprint density at radius 2 is 1.93 bits per heavy atom. The fourth-order valence-electron chi connectivity index (χ4n) is 4.01. The summed E-state index contributed by atoms with van der Waals surface area (Å²) in [6, 6.07) is 15.9. The minimum atomic E-state index is -0.546. The van der Waals surface area contributed by atoms with Crippen LogP contribution < -0.4 is 4.90 Å². The summed E-state index contributed by atoms with van der Waals surface area (Å²) in [7, 11) is 0. The van der Waals surface area contributed by atoms with Crippen LogP contribution in [0.15, 0.2) is 54.6 Å². The van der Waals surface area contributed by atoms with E-state index in [1.165, 1.54) is 11.0 Å². The molecule has 0 aliphatic carbocycles. The molecule has 0 saturated carbocycles. The lowest BCUT2D eigenvalue weighted by molar-refractivity contribution is -0.142. The Balaban J connectivity index is 1.94. The molecule has 4 nitrogen and oxygen atoms in total. The van der Waals surface area contributed by atoms with Gasteiger partial charge in [-0.3, -0.25) is 9.59 Å². The van der Waals surface area contributed by atoms with Crippen molar-refractivity contribution >= 4 is 39.9 Å². The smallest absolute Gasteiger partial charge is 0.326 e. The maximum absolute atomic E-state index is 14.8. The lowest BCUT2D eigenvalue weighted by atomic mass is 9.81. The van der Waals surface area contributed by atoms with E-state index in [9.17, 15) is 14.0 Å². The molecule has 6 heteroatoms. The van der Waals surface area contributed by atoms with Crippen molar-refractivity contribution < 1.29 is 18.7 Å². The average Bonchev–Trinajstić information content (AvgIpc) is 2.70. The summed E-state index contributed by atoms with van der Waals surface area (Å²) >= 11 is 6.35. The fraction of sp³-hybridized carbons (Fsp3) is 0.217. The highest BCUT2D eigenvalue weighted by Crippen LogP contribution is 2.46. The van der Waals surface area contributed by atoms with E-state index in [0.29, 0.717) is 11.3 Å². The van der Waals surface area contributed by atoms with Crippen LogP contribution in [0.2, 0.25) is 5.02 Å². The molecule has 0 aromatic heterocycles. The van der Waals surface area contributed by atoms with E-state index < -0.39 is 17.7 Å². The van der Waals surface area contributed by atoms with Crippen molar-refractivity contribution in [3.63, 3.8) is 0 Å². The van der Waals surface area contributed by atoms with Crippen LogP contribution in [0, 0.1) is 5.82 Å². The number of nitrogens with zero attached hydrogens (tertiary/aromatic N) is 1. The molecule has 4 rings (SSSR count). The maximum Gasteiger partial charge on any atom is 0.326 e. The van der Waals surface area contributed by atoms with Crippen molar-refractivity contribution in [2.24, 2.45) is 0 Å². The van der Waals surface area contributed by atoms with Gasteiger partial charge in [0.15, 0.2) is 0 Å². The van der Waals surface area contributed by atoms with Gasteiger partial charge in [-0.25, -0.2) is 4.39 Å². The van der Waals surface area contributed by atoms with Crippen molar-refractivity contribution in [2.75, 3.05) is 18.1 Å².